The van der Waals surface area contributed by atoms with Crippen LogP contribution in [0.15, 0.2) is 65.6 Å². The molecule has 1 N–H and O–H groups in total. The topological polar surface area (TPSA) is 142 Å². The number of aryl methyl sites for hydroxylation is 1. The number of nitro groups is 1. The van der Waals surface area contributed by atoms with E-state index in [9.17, 15) is 28.1 Å². The summed E-state index contributed by atoms with van der Waals surface area (Å²) in [6.07, 6.45) is -2.80. The van der Waals surface area contributed by atoms with Crippen molar-refractivity contribution in [3.63, 3.8) is 0 Å². The van der Waals surface area contributed by atoms with E-state index in [0.717, 1.165) is 17.7 Å². The van der Waals surface area contributed by atoms with Crippen LogP contribution < -0.4 is 4.72 Å². The predicted molar refractivity (Wildman–Crippen MR) is 110 cm³/mol. The lowest BCUT2D eigenvalue weighted by Gasteiger charge is -2.20. The Kier molecular flexibility index (Phi) is 7.48. The van der Waals surface area contributed by atoms with E-state index in [4.69, 9.17) is 9.47 Å². The van der Waals surface area contributed by atoms with Crippen molar-refractivity contribution >= 4 is 27.8 Å². The van der Waals surface area contributed by atoms with Crippen LogP contribution in [-0.4, -0.2) is 32.0 Å². The summed E-state index contributed by atoms with van der Waals surface area (Å²) in [6.45, 7) is 6.92. The zero-order valence-electron chi connectivity index (χ0n) is 16.7. The molecule has 1 unspecified atom stereocenters. The molecule has 0 aliphatic heterocycles. The minimum Gasteiger partial charge on any atom is -0.463 e. The molecule has 1 atom stereocenters. The van der Waals surface area contributed by atoms with Gasteiger partial charge in [0.2, 0.25) is 0 Å². The summed E-state index contributed by atoms with van der Waals surface area (Å²) in [4.78, 5) is 34.5. The first-order chi connectivity index (χ1) is 14.5. The maximum Gasteiger partial charge on any atom is 0.422 e. The molecule has 0 saturated carbocycles. The van der Waals surface area contributed by atoms with Crippen LogP contribution in [0.3, 0.4) is 0 Å². The van der Waals surface area contributed by atoms with E-state index >= 15 is 0 Å². The Bertz CT molecular complexity index is 1090. The summed E-state index contributed by atoms with van der Waals surface area (Å²) >= 11 is 0. The largest absolute Gasteiger partial charge is 0.463 e. The second kappa shape index (κ2) is 9.85. The average Bonchev–Trinajstić information content (AvgIpc) is 2.71. The number of rotatable bonds is 8. The summed E-state index contributed by atoms with van der Waals surface area (Å²) in [5.41, 5.74) is 0.464. The number of benzene rings is 2. The fourth-order valence-corrected chi connectivity index (χ4v) is 3.34. The van der Waals surface area contributed by atoms with Crippen LogP contribution in [0.25, 0.3) is 0 Å². The Morgan fingerprint density at radius 3 is 2.23 bits per heavy atom. The van der Waals surface area contributed by atoms with Gasteiger partial charge in [-0.3, -0.25) is 10.1 Å². The summed E-state index contributed by atoms with van der Waals surface area (Å²) in [6, 6.07) is 10.6. The first-order valence-electron chi connectivity index (χ1n) is 8.95. The van der Waals surface area contributed by atoms with Gasteiger partial charge in [0.15, 0.2) is 6.10 Å². The van der Waals surface area contributed by atoms with Crippen LogP contribution in [0, 0.1) is 17.0 Å². The lowest BCUT2D eigenvalue weighted by molar-refractivity contribution is -0.384. The van der Waals surface area contributed by atoms with Gasteiger partial charge >= 0.3 is 12.1 Å². The number of esters is 1. The molecule has 164 valence electrons. The number of ether oxygens (including phenoxy) is 2. The average molecular weight is 448 g/mol. The van der Waals surface area contributed by atoms with Crippen molar-refractivity contribution in [3.8, 4) is 0 Å². The van der Waals surface area contributed by atoms with E-state index in [1.165, 1.54) is 24.3 Å². The minimum atomic E-state index is -4.24. The van der Waals surface area contributed by atoms with Crippen molar-refractivity contribution in [3.05, 3.63) is 81.9 Å². The van der Waals surface area contributed by atoms with Crippen LogP contribution in [0.1, 0.15) is 24.2 Å². The Balaban J connectivity index is 2.28. The van der Waals surface area contributed by atoms with Gasteiger partial charge in [-0.2, -0.15) is 0 Å². The number of sulfonamides is 1. The van der Waals surface area contributed by atoms with Crippen molar-refractivity contribution in [2.24, 2.45) is 0 Å². The number of nitrogens with zero attached hydrogens (tertiary/aromatic N) is 1. The normalized spacial score (nSPS) is 11.8. The third-order valence-electron chi connectivity index (χ3n) is 4.03. The third-order valence-corrected chi connectivity index (χ3v) is 5.36. The van der Waals surface area contributed by atoms with Gasteiger partial charge in [-0.05, 0) is 43.7 Å². The van der Waals surface area contributed by atoms with E-state index in [1.807, 2.05) is 0 Å². The lowest BCUT2D eigenvalue weighted by atomic mass is 10.0. The first kappa shape index (κ1) is 23.5. The highest BCUT2D eigenvalue weighted by Crippen LogP contribution is 2.28. The van der Waals surface area contributed by atoms with Gasteiger partial charge in [0.05, 0.1) is 22.0 Å². The number of nitrogens with one attached hydrogen (secondary N) is 1. The molecule has 2 aromatic rings. The van der Waals surface area contributed by atoms with E-state index in [2.05, 4.69) is 6.58 Å². The van der Waals surface area contributed by atoms with Gasteiger partial charge in [0.1, 0.15) is 0 Å². The standard InChI is InChI=1S/C20H20N2O8S/c1-4-29-19(23)14(3)18(15-7-9-16(10-8-15)22(25)26)30-20(24)21-31(27,28)17-11-5-13(2)6-12-17/h5-12,18H,3-4H2,1-2H3,(H,21,24). The molecule has 2 aromatic carbocycles. The Morgan fingerprint density at radius 1 is 1.13 bits per heavy atom. The molecule has 0 aromatic heterocycles. The quantitative estimate of drug-likeness (QED) is 0.281. The smallest absolute Gasteiger partial charge is 0.422 e. The van der Waals surface area contributed by atoms with E-state index in [-0.39, 0.29) is 28.3 Å². The summed E-state index contributed by atoms with van der Waals surface area (Å²) in [5, 5.41) is 10.9. The van der Waals surface area contributed by atoms with Crippen LogP contribution >= 0.6 is 0 Å². The molecule has 0 aliphatic rings. The Labute approximate surface area is 178 Å². The fraction of sp³-hybridized carbons (Fsp3) is 0.200. The number of hydrogen-bond donors (Lipinski definition) is 1. The fourth-order valence-electron chi connectivity index (χ4n) is 2.46. The SMILES string of the molecule is C=C(C(=O)OCC)C(OC(=O)NS(=O)(=O)c1ccc(C)cc1)c1ccc([N+](=O)[O-])cc1. The summed E-state index contributed by atoms with van der Waals surface area (Å²) in [5.74, 6) is -0.875. The van der Waals surface area contributed by atoms with Crippen molar-refractivity contribution in [2.75, 3.05) is 6.61 Å². The highest BCUT2D eigenvalue weighted by Gasteiger charge is 2.28. The maximum atomic E-state index is 12.4. The molecular weight excluding hydrogens is 428 g/mol. The molecule has 10 nitrogen and oxygen atoms in total. The number of non-ortho nitro benzene ring substituents is 1. The number of hydrogen-bond acceptors (Lipinski definition) is 8. The van der Waals surface area contributed by atoms with Crippen molar-refractivity contribution in [1.29, 1.82) is 0 Å². The van der Waals surface area contributed by atoms with Gasteiger partial charge in [-0.15, -0.1) is 0 Å². The van der Waals surface area contributed by atoms with E-state index < -0.39 is 33.1 Å². The lowest BCUT2D eigenvalue weighted by Crippen LogP contribution is -2.33. The second-order valence-corrected chi connectivity index (χ2v) is 7.98. The summed E-state index contributed by atoms with van der Waals surface area (Å²) in [7, 11) is -4.24. The molecule has 1 amide bonds. The molecule has 11 heteroatoms. The Hall–Kier alpha value is -3.73. The number of amides is 1. The van der Waals surface area contributed by atoms with Gasteiger partial charge in [0, 0.05) is 12.1 Å². The minimum absolute atomic E-state index is 0.0266. The van der Waals surface area contributed by atoms with Gasteiger partial charge in [0.25, 0.3) is 15.7 Å². The van der Waals surface area contributed by atoms with Gasteiger partial charge in [-0.25, -0.2) is 22.7 Å². The number of nitro benzene ring substituents is 1. The van der Waals surface area contributed by atoms with Crippen molar-refractivity contribution in [1.82, 2.24) is 4.72 Å². The molecule has 0 aliphatic carbocycles. The van der Waals surface area contributed by atoms with Gasteiger partial charge in [-0.1, -0.05) is 24.3 Å². The molecule has 0 heterocycles. The van der Waals surface area contributed by atoms with Gasteiger partial charge < -0.3 is 9.47 Å². The van der Waals surface area contributed by atoms with Crippen LogP contribution in [0.4, 0.5) is 10.5 Å². The van der Waals surface area contributed by atoms with Crippen molar-refractivity contribution < 1.29 is 32.4 Å². The molecule has 0 spiro atoms. The number of carbonyl (C=O) groups is 2. The molecule has 0 bridgehead atoms. The highest BCUT2D eigenvalue weighted by atomic mass is 32.2. The molecule has 31 heavy (non-hydrogen) atoms. The number of carbonyl (C=O) groups excluding carboxylic acids is 2. The third kappa shape index (κ3) is 6.12. The van der Waals surface area contributed by atoms with Crippen LogP contribution in [-0.2, 0) is 24.3 Å². The zero-order chi connectivity index (χ0) is 23.2. The van der Waals surface area contributed by atoms with Crippen LogP contribution in [0.2, 0.25) is 0 Å². The van der Waals surface area contributed by atoms with E-state index in [0.29, 0.717) is 0 Å². The van der Waals surface area contributed by atoms with Crippen molar-refractivity contribution in [2.45, 2.75) is 24.8 Å². The molecule has 0 saturated heterocycles. The molecule has 2 rings (SSSR count). The second-order valence-electron chi connectivity index (χ2n) is 6.30. The highest BCUT2D eigenvalue weighted by molar-refractivity contribution is 7.90. The molecule has 0 fully saturated rings. The molecule has 0 radical (unpaired) electrons. The molecular formula is C20H20N2O8S. The Morgan fingerprint density at radius 2 is 1.71 bits per heavy atom. The van der Waals surface area contributed by atoms with Crippen LogP contribution in [0.5, 0.6) is 0 Å². The summed E-state index contributed by atoms with van der Waals surface area (Å²) < 4.78 is 36.6. The monoisotopic (exact) mass is 448 g/mol. The maximum absolute atomic E-state index is 12.4. The predicted octanol–water partition coefficient (Wildman–Crippen LogP) is 3.18. The zero-order valence-corrected chi connectivity index (χ0v) is 17.5. The van der Waals surface area contributed by atoms with E-state index in [1.54, 1.807) is 30.7 Å². The first-order valence-corrected chi connectivity index (χ1v) is 10.4.